The molecule has 4 nitrogen and oxygen atoms in total. The Hall–Kier alpha value is -1.24. The molecule has 0 aromatic carbocycles. The second kappa shape index (κ2) is 5.90. The van der Waals surface area contributed by atoms with Crippen molar-refractivity contribution in [3.8, 4) is 6.07 Å². The molecule has 0 aromatic heterocycles. The molecule has 0 spiro atoms. The normalized spacial score (nSPS) is 25.5. The molecule has 1 aliphatic rings. The summed E-state index contributed by atoms with van der Waals surface area (Å²) >= 11 is 0. The van der Waals surface area contributed by atoms with Gasteiger partial charge in [-0.15, -0.1) is 0 Å². The van der Waals surface area contributed by atoms with Gasteiger partial charge in [0.15, 0.2) is 0 Å². The van der Waals surface area contributed by atoms with Crippen LogP contribution in [0.25, 0.3) is 0 Å². The largest absolute Gasteiger partial charge is 0.444 e. The summed E-state index contributed by atoms with van der Waals surface area (Å²) in [5.41, 5.74) is -0.489. The van der Waals surface area contributed by atoms with Crippen molar-refractivity contribution < 1.29 is 9.53 Å². The van der Waals surface area contributed by atoms with Gasteiger partial charge in [-0.05, 0) is 33.6 Å². The first-order valence-corrected chi connectivity index (χ1v) is 6.31. The minimum Gasteiger partial charge on any atom is -0.444 e. The molecular formula is C13H22N2O2. The Morgan fingerprint density at radius 2 is 1.94 bits per heavy atom. The molecule has 2 atom stereocenters. The molecule has 0 aromatic rings. The third kappa shape index (κ3) is 5.08. The average Bonchev–Trinajstić information content (AvgIpc) is 2.39. The zero-order chi connectivity index (χ0) is 12.9. The molecule has 0 unspecified atom stereocenters. The topological polar surface area (TPSA) is 62.1 Å². The number of carbonyl (C=O) groups is 1. The van der Waals surface area contributed by atoms with Crippen LogP contribution in [0.4, 0.5) is 4.79 Å². The number of alkyl carbamates (subject to hydrolysis) is 1. The van der Waals surface area contributed by atoms with Crippen LogP contribution in [0.3, 0.4) is 0 Å². The lowest BCUT2D eigenvalue weighted by molar-refractivity contribution is 0.0491. The lowest BCUT2D eigenvalue weighted by Crippen LogP contribution is -2.42. The lowest BCUT2D eigenvalue weighted by Gasteiger charge is -2.24. The molecular weight excluding hydrogens is 216 g/mol. The fraction of sp³-hybridized carbons (Fsp3) is 0.846. The minimum atomic E-state index is -0.489. The van der Waals surface area contributed by atoms with Crippen molar-refractivity contribution >= 4 is 6.09 Å². The highest BCUT2D eigenvalue weighted by atomic mass is 16.6. The number of nitriles is 1. The smallest absolute Gasteiger partial charge is 0.407 e. The highest BCUT2D eigenvalue weighted by Gasteiger charge is 2.26. The Kier molecular flexibility index (Phi) is 4.80. The SMILES string of the molecule is CC(C)(C)OC(=O)N[C@@H]1CCCCC[C@@H]1C#N. The highest BCUT2D eigenvalue weighted by molar-refractivity contribution is 5.68. The zero-order valence-corrected chi connectivity index (χ0v) is 11.0. The third-order valence-corrected chi connectivity index (χ3v) is 2.88. The van der Waals surface area contributed by atoms with Crippen LogP contribution >= 0.6 is 0 Å². The monoisotopic (exact) mass is 238 g/mol. The van der Waals surface area contributed by atoms with Crippen molar-refractivity contribution in [2.75, 3.05) is 0 Å². The number of amides is 1. The first kappa shape index (κ1) is 13.8. The predicted molar refractivity (Wildman–Crippen MR) is 65.3 cm³/mol. The van der Waals surface area contributed by atoms with Gasteiger partial charge in [-0.3, -0.25) is 0 Å². The fourth-order valence-electron chi connectivity index (χ4n) is 2.09. The van der Waals surface area contributed by atoms with Crippen LogP contribution in [-0.2, 0) is 4.74 Å². The maximum absolute atomic E-state index is 11.7. The molecule has 1 fully saturated rings. The maximum atomic E-state index is 11.7. The zero-order valence-electron chi connectivity index (χ0n) is 11.0. The molecule has 1 rings (SSSR count). The van der Waals surface area contributed by atoms with Crippen molar-refractivity contribution in [2.45, 2.75) is 64.5 Å². The Morgan fingerprint density at radius 3 is 2.53 bits per heavy atom. The number of hydrogen-bond acceptors (Lipinski definition) is 3. The second-order valence-corrected chi connectivity index (χ2v) is 5.63. The summed E-state index contributed by atoms with van der Waals surface area (Å²) in [4.78, 5) is 11.7. The van der Waals surface area contributed by atoms with E-state index >= 15 is 0 Å². The van der Waals surface area contributed by atoms with Crippen molar-refractivity contribution in [1.29, 1.82) is 5.26 Å². The summed E-state index contributed by atoms with van der Waals surface area (Å²) in [5, 5.41) is 11.9. The van der Waals surface area contributed by atoms with Gasteiger partial charge in [0.25, 0.3) is 0 Å². The van der Waals surface area contributed by atoms with Crippen molar-refractivity contribution in [3.63, 3.8) is 0 Å². The molecule has 0 heterocycles. The molecule has 1 aliphatic carbocycles. The average molecular weight is 238 g/mol. The number of ether oxygens (including phenoxy) is 1. The minimum absolute atomic E-state index is 0.0580. The summed E-state index contributed by atoms with van der Waals surface area (Å²) in [6.07, 6.45) is 4.62. The van der Waals surface area contributed by atoms with Gasteiger partial charge in [-0.1, -0.05) is 19.3 Å². The van der Waals surface area contributed by atoms with E-state index in [2.05, 4.69) is 11.4 Å². The van der Waals surface area contributed by atoms with Crippen LogP contribution in [0.1, 0.15) is 52.9 Å². The van der Waals surface area contributed by atoms with Crippen molar-refractivity contribution in [1.82, 2.24) is 5.32 Å². The van der Waals surface area contributed by atoms with E-state index in [4.69, 9.17) is 10.00 Å². The molecule has 17 heavy (non-hydrogen) atoms. The summed E-state index contributed by atoms with van der Waals surface area (Å²) < 4.78 is 5.21. The Labute approximate surface area is 103 Å². The van der Waals surface area contributed by atoms with Crippen LogP contribution in [0.5, 0.6) is 0 Å². The van der Waals surface area contributed by atoms with Gasteiger partial charge in [-0.25, -0.2) is 4.79 Å². The van der Waals surface area contributed by atoms with E-state index in [1.165, 1.54) is 0 Å². The molecule has 1 amide bonds. The quantitative estimate of drug-likeness (QED) is 0.714. The number of nitrogens with one attached hydrogen (secondary N) is 1. The van der Waals surface area contributed by atoms with E-state index in [-0.39, 0.29) is 12.0 Å². The predicted octanol–water partition coefficient (Wildman–Crippen LogP) is 2.98. The van der Waals surface area contributed by atoms with E-state index in [9.17, 15) is 4.79 Å². The number of nitrogens with zero attached hydrogens (tertiary/aromatic N) is 1. The van der Waals surface area contributed by atoms with E-state index in [1.54, 1.807) is 0 Å². The standard InChI is InChI=1S/C13H22N2O2/c1-13(2,3)17-12(16)15-11-8-6-4-5-7-10(11)9-14/h10-11H,4-8H2,1-3H3,(H,15,16)/t10-,11-/m1/s1. The van der Waals surface area contributed by atoms with Crippen LogP contribution in [0.15, 0.2) is 0 Å². The second-order valence-electron chi connectivity index (χ2n) is 5.63. The van der Waals surface area contributed by atoms with Gasteiger partial charge >= 0.3 is 6.09 Å². The molecule has 1 saturated carbocycles. The summed E-state index contributed by atoms with van der Waals surface area (Å²) in [7, 11) is 0. The van der Waals surface area contributed by atoms with Gasteiger partial charge < -0.3 is 10.1 Å². The molecule has 4 heteroatoms. The van der Waals surface area contributed by atoms with Gasteiger partial charge in [-0.2, -0.15) is 5.26 Å². The van der Waals surface area contributed by atoms with Gasteiger partial charge in [0, 0.05) is 6.04 Å². The van der Waals surface area contributed by atoms with Gasteiger partial charge in [0.2, 0.25) is 0 Å². The van der Waals surface area contributed by atoms with Crippen LogP contribution in [-0.4, -0.2) is 17.7 Å². The molecule has 1 N–H and O–H groups in total. The highest BCUT2D eigenvalue weighted by Crippen LogP contribution is 2.23. The molecule has 96 valence electrons. The third-order valence-electron chi connectivity index (χ3n) is 2.88. The van der Waals surface area contributed by atoms with Gasteiger partial charge in [0.1, 0.15) is 5.60 Å². The number of carbonyl (C=O) groups excluding carboxylic acids is 1. The molecule has 0 radical (unpaired) electrons. The van der Waals surface area contributed by atoms with Crippen molar-refractivity contribution in [3.05, 3.63) is 0 Å². The Balaban J connectivity index is 2.53. The summed E-state index contributed by atoms with van der Waals surface area (Å²) in [6.45, 7) is 5.50. The van der Waals surface area contributed by atoms with Crippen LogP contribution in [0, 0.1) is 17.2 Å². The Morgan fingerprint density at radius 1 is 1.29 bits per heavy atom. The van der Waals surface area contributed by atoms with E-state index in [1.807, 2.05) is 20.8 Å². The number of hydrogen-bond donors (Lipinski definition) is 1. The van der Waals surface area contributed by atoms with Crippen molar-refractivity contribution in [2.24, 2.45) is 5.92 Å². The van der Waals surface area contributed by atoms with Crippen LogP contribution < -0.4 is 5.32 Å². The Bertz CT molecular complexity index is 302. The summed E-state index contributed by atoms with van der Waals surface area (Å²) in [5.74, 6) is -0.0787. The first-order valence-electron chi connectivity index (χ1n) is 6.31. The lowest BCUT2D eigenvalue weighted by atomic mass is 9.96. The molecule has 0 saturated heterocycles. The molecule has 0 bridgehead atoms. The van der Waals surface area contributed by atoms with E-state index in [0.717, 1.165) is 32.1 Å². The van der Waals surface area contributed by atoms with E-state index < -0.39 is 11.7 Å². The van der Waals surface area contributed by atoms with Gasteiger partial charge in [0.05, 0.1) is 12.0 Å². The summed E-state index contributed by atoms with van der Waals surface area (Å²) in [6, 6.07) is 2.23. The molecule has 0 aliphatic heterocycles. The number of rotatable bonds is 1. The van der Waals surface area contributed by atoms with Crippen LogP contribution in [0.2, 0.25) is 0 Å². The maximum Gasteiger partial charge on any atom is 0.407 e. The first-order chi connectivity index (χ1) is 7.92. The fourth-order valence-corrected chi connectivity index (χ4v) is 2.09. The van der Waals surface area contributed by atoms with E-state index in [0.29, 0.717) is 0 Å².